The third-order valence-electron chi connectivity index (χ3n) is 9.51. The molecule has 1 nitrogen and oxygen atoms in total. The number of allylic oxidation sites excluding steroid dienone is 2. The van der Waals surface area contributed by atoms with Crippen LogP contribution in [-0.2, 0) is 0 Å². The zero-order chi connectivity index (χ0) is 18.0. The van der Waals surface area contributed by atoms with Gasteiger partial charge in [0.2, 0.25) is 0 Å². The number of aliphatic hydroxyl groups is 1. The van der Waals surface area contributed by atoms with Crippen molar-refractivity contribution in [3.63, 3.8) is 0 Å². The van der Waals surface area contributed by atoms with E-state index in [9.17, 15) is 5.11 Å². The standard InChI is InChI=1S/C24H38O/c1-6-16(3)18-7-8-19-22-20(10-12-24(18,19)5)23(4)11-9-15(2)13-17(23)14-21(22)25/h13,16,18-22,25H,2,6-12,14H2,1,3-5H3/t16-,18?,19?,20?,21?,22?,23?,24-/m1/s1. The first-order valence-electron chi connectivity index (χ1n) is 10.9. The lowest BCUT2D eigenvalue weighted by molar-refractivity contribution is -0.111. The van der Waals surface area contributed by atoms with Crippen LogP contribution in [0.5, 0.6) is 0 Å². The van der Waals surface area contributed by atoms with E-state index >= 15 is 0 Å². The molecule has 3 saturated carbocycles. The molecule has 0 aliphatic heterocycles. The molecule has 4 aliphatic carbocycles. The van der Waals surface area contributed by atoms with E-state index in [0.717, 1.165) is 30.6 Å². The van der Waals surface area contributed by atoms with Gasteiger partial charge in [-0.3, -0.25) is 0 Å². The Kier molecular flexibility index (Phi) is 4.26. The first-order chi connectivity index (χ1) is 11.8. The number of hydrogen-bond acceptors (Lipinski definition) is 1. The third-order valence-corrected chi connectivity index (χ3v) is 9.51. The molecule has 0 heterocycles. The average Bonchev–Trinajstić information content (AvgIpc) is 2.93. The monoisotopic (exact) mass is 342 g/mol. The van der Waals surface area contributed by atoms with Gasteiger partial charge in [-0.05, 0) is 85.4 Å². The van der Waals surface area contributed by atoms with E-state index in [1.165, 1.54) is 49.7 Å². The summed E-state index contributed by atoms with van der Waals surface area (Å²) in [4.78, 5) is 0. The van der Waals surface area contributed by atoms with Crippen molar-refractivity contribution in [1.82, 2.24) is 0 Å². The van der Waals surface area contributed by atoms with Crippen LogP contribution in [0.3, 0.4) is 0 Å². The molecule has 8 atom stereocenters. The number of rotatable bonds is 2. The Hall–Kier alpha value is -0.560. The fourth-order valence-corrected chi connectivity index (χ4v) is 7.88. The molecule has 0 saturated heterocycles. The highest BCUT2D eigenvalue weighted by Gasteiger charge is 2.61. The Morgan fingerprint density at radius 2 is 1.96 bits per heavy atom. The summed E-state index contributed by atoms with van der Waals surface area (Å²) in [6.45, 7) is 14.1. The van der Waals surface area contributed by atoms with Gasteiger partial charge >= 0.3 is 0 Å². The minimum absolute atomic E-state index is 0.129. The molecule has 0 aromatic rings. The molecular weight excluding hydrogens is 304 g/mol. The van der Waals surface area contributed by atoms with Crippen LogP contribution in [0.25, 0.3) is 0 Å². The summed E-state index contributed by atoms with van der Waals surface area (Å²) < 4.78 is 0. The molecule has 0 spiro atoms. The van der Waals surface area contributed by atoms with Crippen molar-refractivity contribution in [3.8, 4) is 0 Å². The second kappa shape index (κ2) is 5.98. The lowest BCUT2D eigenvalue weighted by Gasteiger charge is -2.60. The Bertz CT molecular complexity index is 589. The number of aliphatic hydroxyl groups excluding tert-OH is 1. The lowest BCUT2D eigenvalue weighted by Crippen LogP contribution is -2.55. The van der Waals surface area contributed by atoms with Gasteiger partial charge in [-0.15, -0.1) is 0 Å². The quantitative estimate of drug-likeness (QED) is 0.639. The molecule has 140 valence electrons. The lowest BCUT2D eigenvalue weighted by atomic mass is 9.45. The second-order valence-electron chi connectivity index (χ2n) is 10.4. The van der Waals surface area contributed by atoms with Crippen molar-refractivity contribution in [1.29, 1.82) is 0 Å². The molecule has 0 bridgehead atoms. The van der Waals surface area contributed by atoms with Crippen molar-refractivity contribution in [2.75, 3.05) is 0 Å². The van der Waals surface area contributed by atoms with Gasteiger partial charge in [0.25, 0.3) is 0 Å². The van der Waals surface area contributed by atoms with Crippen LogP contribution in [0.4, 0.5) is 0 Å². The van der Waals surface area contributed by atoms with Gasteiger partial charge in [0.05, 0.1) is 6.10 Å². The maximum absolute atomic E-state index is 11.2. The highest BCUT2D eigenvalue weighted by atomic mass is 16.3. The Balaban J connectivity index is 1.68. The highest BCUT2D eigenvalue weighted by Crippen LogP contribution is 2.67. The summed E-state index contributed by atoms with van der Waals surface area (Å²) in [6.07, 6.45) is 12.3. The number of hydrogen-bond donors (Lipinski definition) is 1. The fraction of sp³-hybridized carbons (Fsp3) is 0.833. The van der Waals surface area contributed by atoms with E-state index in [4.69, 9.17) is 0 Å². The van der Waals surface area contributed by atoms with Crippen molar-refractivity contribution < 1.29 is 5.11 Å². The van der Waals surface area contributed by atoms with Crippen molar-refractivity contribution >= 4 is 0 Å². The Morgan fingerprint density at radius 3 is 2.68 bits per heavy atom. The smallest absolute Gasteiger partial charge is 0.0611 e. The zero-order valence-corrected chi connectivity index (χ0v) is 16.9. The van der Waals surface area contributed by atoms with Crippen LogP contribution >= 0.6 is 0 Å². The molecule has 3 fully saturated rings. The maximum atomic E-state index is 11.2. The average molecular weight is 343 g/mol. The molecule has 0 amide bonds. The van der Waals surface area contributed by atoms with Crippen LogP contribution in [-0.4, -0.2) is 11.2 Å². The topological polar surface area (TPSA) is 20.2 Å². The summed E-state index contributed by atoms with van der Waals surface area (Å²) in [7, 11) is 0. The second-order valence-corrected chi connectivity index (χ2v) is 10.4. The fourth-order valence-electron chi connectivity index (χ4n) is 7.88. The summed E-state index contributed by atoms with van der Waals surface area (Å²) in [5.41, 5.74) is 3.57. The minimum Gasteiger partial charge on any atom is -0.392 e. The van der Waals surface area contributed by atoms with E-state index in [1.807, 2.05) is 0 Å². The van der Waals surface area contributed by atoms with E-state index in [0.29, 0.717) is 22.7 Å². The highest BCUT2D eigenvalue weighted by molar-refractivity contribution is 5.34. The van der Waals surface area contributed by atoms with Gasteiger partial charge in [-0.1, -0.05) is 57.9 Å². The van der Waals surface area contributed by atoms with Gasteiger partial charge in [-0.25, -0.2) is 0 Å². The van der Waals surface area contributed by atoms with Crippen molar-refractivity contribution in [2.24, 2.45) is 40.4 Å². The molecule has 4 rings (SSSR count). The van der Waals surface area contributed by atoms with E-state index in [2.05, 4.69) is 40.3 Å². The maximum Gasteiger partial charge on any atom is 0.0611 e. The Morgan fingerprint density at radius 1 is 1.20 bits per heavy atom. The Labute approximate surface area is 155 Å². The number of fused-ring (bicyclic) bond motifs is 5. The normalized spacial score (nSPS) is 50.5. The molecule has 0 aromatic heterocycles. The molecular formula is C24H38O. The molecule has 1 N–H and O–H groups in total. The third kappa shape index (κ3) is 2.44. The summed E-state index contributed by atoms with van der Waals surface area (Å²) in [5.74, 6) is 3.65. The van der Waals surface area contributed by atoms with Crippen molar-refractivity contribution in [3.05, 3.63) is 23.8 Å². The minimum atomic E-state index is -0.129. The van der Waals surface area contributed by atoms with E-state index < -0.39 is 0 Å². The van der Waals surface area contributed by atoms with Gasteiger partial charge < -0.3 is 5.11 Å². The van der Waals surface area contributed by atoms with Crippen molar-refractivity contribution in [2.45, 2.75) is 85.2 Å². The van der Waals surface area contributed by atoms with Crippen LogP contribution in [0.2, 0.25) is 0 Å². The van der Waals surface area contributed by atoms with E-state index in [1.54, 1.807) is 0 Å². The van der Waals surface area contributed by atoms with Gasteiger partial charge in [-0.2, -0.15) is 0 Å². The largest absolute Gasteiger partial charge is 0.392 e. The first-order valence-corrected chi connectivity index (χ1v) is 10.9. The molecule has 0 radical (unpaired) electrons. The molecule has 25 heavy (non-hydrogen) atoms. The van der Waals surface area contributed by atoms with Gasteiger partial charge in [0.1, 0.15) is 0 Å². The van der Waals surface area contributed by atoms with Gasteiger partial charge in [0.15, 0.2) is 0 Å². The van der Waals surface area contributed by atoms with Crippen LogP contribution in [0.1, 0.15) is 79.1 Å². The summed E-state index contributed by atoms with van der Waals surface area (Å²) >= 11 is 0. The van der Waals surface area contributed by atoms with Crippen LogP contribution in [0, 0.1) is 40.4 Å². The van der Waals surface area contributed by atoms with Crippen LogP contribution < -0.4 is 0 Å². The zero-order valence-electron chi connectivity index (χ0n) is 16.9. The predicted octanol–water partition coefficient (Wildman–Crippen LogP) is 6.14. The SMILES string of the molecule is C=C1C=C2CC(O)C3C(CC[C@@]4(C)C3CCC4[C@H](C)CC)C2(C)CC1. The summed E-state index contributed by atoms with van der Waals surface area (Å²) in [6, 6.07) is 0. The predicted molar refractivity (Wildman–Crippen MR) is 105 cm³/mol. The van der Waals surface area contributed by atoms with Gasteiger partial charge in [0, 0.05) is 0 Å². The molecule has 1 heteroatoms. The summed E-state index contributed by atoms with van der Waals surface area (Å²) in [5, 5.41) is 11.2. The van der Waals surface area contributed by atoms with E-state index in [-0.39, 0.29) is 6.10 Å². The molecule has 4 aliphatic rings. The molecule has 6 unspecified atom stereocenters. The molecule has 0 aromatic carbocycles. The van der Waals surface area contributed by atoms with Crippen LogP contribution in [0.15, 0.2) is 23.8 Å². The first kappa shape index (κ1) is 17.8.